The van der Waals surface area contributed by atoms with Crippen molar-refractivity contribution in [3.63, 3.8) is 0 Å². The first-order chi connectivity index (χ1) is 11.3. The molecule has 1 fully saturated rings. The van der Waals surface area contributed by atoms with E-state index in [2.05, 4.69) is 17.0 Å². The van der Waals surface area contributed by atoms with Crippen LogP contribution in [0.5, 0.6) is 5.75 Å². The average Bonchev–Trinajstić information content (AvgIpc) is 2.63. The Morgan fingerprint density at radius 2 is 1.70 bits per heavy atom. The van der Waals surface area contributed by atoms with E-state index in [0.29, 0.717) is 6.54 Å². The van der Waals surface area contributed by atoms with Crippen LogP contribution in [0, 0.1) is 0 Å². The molecule has 1 aliphatic heterocycles. The average molecular weight is 311 g/mol. The third-order valence-corrected chi connectivity index (χ3v) is 4.41. The molecule has 0 bridgehead atoms. The summed E-state index contributed by atoms with van der Waals surface area (Å²) in [6.07, 6.45) is 0. The molecule has 2 aromatic carbocycles. The van der Waals surface area contributed by atoms with E-state index >= 15 is 0 Å². The molecule has 1 heterocycles. The molecular formula is C19H23N2O2+. The van der Waals surface area contributed by atoms with E-state index in [1.165, 1.54) is 10.6 Å². The Labute approximate surface area is 137 Å². The highest BCUT2D eigenvalue weighted by Crippen LogP contribution is 2.18. The number of rotatable bonds is 5. The van der Waals surface area contributed by atoms with E-state index in [9.17, 15) is 4.79 Å². The minimum atomic E-state index is 0.235. The van der Waals surface area contributed by atoms with Gasteiger partial charge in [-0.25, -0.2) is 0 Å². The van der Waals surface area contributed by atoms with Gasteiger partial charge in [0.2, 0.25) is 5.78 Å². The minimum absolute atomic E-state index is 0.235. The third-order valence-electron chi connectivity index (χ3n) is 4.41. The Balaban J connectivity index is 1.53. The highest BCUT2D eigenvalue weighted by molar-refractivity contribution is 5.96. The van der Waals surface area contributed by atoms with Crippen LogP contribution in [0.25, 0.3) is 0 Å². The van der Waals surface area contributed by atoms with Crippen molar-refractivity contribution in [1.29, 1.82) is 0 Å². The number of Topliss-reactive ketones (excluding diaryl/α,β-unsaturated/α-hetero) is 1. The van der Waals surface area contributed by atoms with Crippen LogP contribution in [0.15, 0.2) is 54.6 Å². The highest BCUT2D eigenvalue weighted by Gasteiger charge is 2.22. The van der Waals surface area contributed by atoms with E-state index in [1.54, 1.807) is 7.11 Å². The van der Waals surface area contributed by atoms with Crippen molar-refractivity contribution >= 4 is 11.5 Å². The molecule has 0 amide bonds. The number of hydrogen-bond donors (Lipinski definition) is 1. The molecule has 0 aromatic heterocycles. The summed E-state index contributed by atoms with van der Waals surface area (Å²) in [5.74, 6) is 1.12. The summed E-state index contributed by atoms with van der Waals surface area (Å²) < 4.78 is 5.20. The van der Waals surface area contributed by atoms with Gasteiger partial charge in [0.05, 0.1) is 33.3 Å². The summed E-state index contributed by atoms with van der Waals surface area (Å²) in [6.45, 7) is 4.52. The Bertz CT molecular complexity index is 632. The number of hydrogen-bond acceptors (Lipinski definition) is 3. The lowest BCUT2D eigenvalue weighted by Crippen LogP contribution is -3.15. The standard InChI is InChI=1S/C19H22N2O2/c1-23-18-9-7-17(8-10-18)21-13-11-20(12-14-21)15-19(22)16-5-3-2-4-6-16/h2-10H,11-15H2,1H3/p+1. The van der Waals surface area contributed by atoms with Gasteiger partial charge in [-0.15, -0.1) is 0 Å². The normalized spacial score (nSPS) is 15.4. The lowest BCUT2D eigenvalue weighted by Gasteiger charge is -2.33. The van der Waals surface area contributed by atoms with Gasteiger partial charge in [0, 0.05) is 11.3 Å². The van der Waals surface area contributed by atoms with Crippen LogP contribution in [0.2, 0.25) is 0 Å². The molecule has 3 rings (SSSR count). The fourth-order valence-electron chi connectivity index (χ4n) is 3.00. The number of carbonyl (C=O) groups excluding carboxylic acids is 1. The first-order valence-corrected chi connectivity index (χ1v) is 8.07. The zero-order chi connectivity index (χ0) is 16.1. The molecule has 4 nitrogen and oxygen atoms in total. The largest absolute Gasteiger partial charge is 0.497 e. The number of benzene rings is 2. The lowest BCUT2D eigenvalue weighted by atomic mass is 10.1. The number of methoxy groups -OCH3 is 1. The van der Waals surface area contributed by atoms with Gasteiger partial charge in [0.1, 0.15) is 12.3 Å². The Kier molecular flexibility index (Phi) is 4.93. The van der Waals surface area contributed by atoms with Gasteiger partial charge in [-0.1, -0.05) is 30.3 Å². The van der Waals surface area contributed by atoms with E-state index in [-0.39, 0.29) is 5.78 Å². The predicted molar refractivity (Wildman–Crippen MR) is 91.5 cm³/mol. The summed E-state index contributed by atoms with van der Waals surface area (Å²) in [6, 6.07) is 17.8. The minimum Gasteiger partial charge on any atom is -0.497 e. The fraction of sp³-hybridized carbons (Fsp3) is 0.316. The molecule has 0 radical (unpaired) electrons. The van der Waals surface area contributed by atoms with E-state index in [1.807, 2.05) is 42.5 Å². The number of carbonyl (C=O) groups is 1. The maximum atomic E-state index is 12.3. The molecule has 0 spiro atoms. The van der Waals surface area contributed by atoms with Crippen molar-refractivity contribution < 1.29 is 14.4 Å². The summed E-state index contributed by atoms with van der Waals surface area (Å²) >= 11 is 0. The topological polar surface area (TPSA) is 34.0 Å². The first-order valence-electron chi connectivity index (χ1n) is 8.07. The van der Waals surface area contributed by atoms with Crippen LogP contribution in [0.4, 0.5) is 5.69 Å². The second kappa shape index (κ2) is 7.29. The van der Waals surface area contributed by atoms with Gasteiger partial charge in [-0.2, -0.15) is 0 Å². The molecule has 1 aliphatic rings. The van der Waals surface area contributed by atoms with Crippen LogP contribution >= 0.6 is 0 Å². The van der Waals surface area contributed by atoms with Crippen molar-refractivity contribution in [3.05, 3.63) is 60.2 Å². The van der Waals surface area contributed by atoms with Crippen molar-refractivity contribution in [1.82, 2.24) is 0 Å². The Morgan fingerprint density at radius 1 is 1.04 bits per heavy atom. The van der Waals surface area contributed by atoms with Gasteiger partial charge in [0.25, 0.3) is 0 Å². The molecule has 120 valence electrons. The molecule has 2 aromatic rings. The van der Waals surface area contributed by atoms with Gasteiger partial charge in [0.15, 0.2) is 0 Å². The van der Waals surface area contributed by atoms with Crippen LogP contribution in [0.1, 0.15) is 10.4 Å². The van der Waals surface area contributed by atoms with Crippen molar-refractivity contribution in [2.75, 3.05) is 44.7 Å². The third kappa shape index (κ3) is 3.90. The Morgan fingerprint density at radius 3 is 2.30 bits per heavy atom. The van der Waals surface area contributed by atoms with Crippen LogP contribution < -0.4 is 14.5 Å². The number of anilines is 1. The smallest absolute Gasteiger partial charge is 0.216 e. The summed E-state index contributed by atoms with van der Waals surface area (Å²) in [7, 11) is 1.68. The lowest BCUT2D eigenvalue weighted by molar-refractivity contribution is -0.892. The van der Waals surface area contributed by atoms with E-state index in [0.717, 1.165) is 37.5 Å². The maximum absolute atomic E-state index is 12.3. The Hall–Kier alpha value is -2.33. The van der Waals surface area contributed by atoms with Crippen molar-refractivity contribution in [2.45, 2.75) is 0 Å². The number of piperazine rings is 1. The number of quaternary nitrogens is 1. The summed E-state index contributed by atoms with van der Waals surface area (Å²) in [5, 5.41) is 0. The molecule has 0 saturated carbocycles. The SMILES string of the molecule is COc1ccc(N2CC[NH+](CC(=O)c3ccccc3)CC2)cc1. The van der Waals surface area contributed by atoms with Gasteiger partial charge in [-0.3, -0.25) is 4.79 Å². The second-order valence-corrected chi connectivity index (χ2v) is 5.90. The number of nitrogens with one attached hydrogen (secondary N) is 1. The first kappa shape index (κ1) is 15.6. The van der Waals surface area contributed by atoms with E-state index in [4.69, 9.17) is 4.74 Å². The second-order valence-electron chi connectivity index (χ2n) is 5.90. The van der Waals surface area contributed by atoms with E-state index < -0.39 is 0 Å². The molecule has 0 aliphatic carbocycles. The molecule has 23 heavy (non-hydrogen) atoms. The molecule has 1 saturated heterocycles. The number of ketones is 1. The molecule has 0 unspecified atom stereocenters. The monoisotopic (exact) mass is 311 g/mol. The molecule has 4 heteroatoms. The quantitative estimate of drug-likeness (QED) is 0.845. The number of ether oxygens (including phenoxy) is 1. The highest BCUT2D eigenvalue weighted by atomic mass is 16.5. The maximum Gasteiger partial charge on any atom is 0.216 e. The van der Waals surface area contributed by atoms with Gasteiger partial charge < -0.3 is 14.5 Å². The van der Waals surface area contributed by atoms with Crippen molar-refractivity contribution in [2.24, 2.45) is 0 Å². The zero-order valence-electron chi connectivity index (χ0n) is 13.5. The predicted octanol–water partition coefficient (Wildman–Crippen LogP) is 1.28. The van der Waals surface area contributed by atoms with Crippen LogP contribution in [0.3, 0.4) is 0 Å². The van der Waals surface area contributed by atoms with Crippen molar-refractivity contribution in [3.8, 4) is 5.75 Å². The molecule has 1 N–H and O–H groups in total. The zero-order valence-corrected chi connectivity index (χ0v) is 13.5. The van der Waals surface area contributed by atoms with Crippen LogP contribution in [-0.4, -0.2) is 45.6 Å². The molecular weight excluding hydrogens is 288 g/mol. The van der Waals surface area contributed by atoms with Gasteiger partial charge >= 0.3 is 0 Å². The van der Waals surface area contributed by atoms with Gasteiger partial charge in [-0.05, 0) is 24.3 Å². The fourth-order valence-corrected chi connectivity index (χ4v) is 3.00. The summed E-state index contributed by atoms with van der Waals surface area (Å²) in [4.78, 5) is 16.0. The summed E-state index contributed by atoms with van der Waals surface area (Å²) in [5.41, 5.74) is 2.04. The molecule has 0 atom stereocenters. The number of nitrogens with zero attached hydrogens (tertiary/aromatic N) is 1. The van der Waals surface area contributed by atoms with Crippen LogP contribution in [-0.2, 0) is 0 Å².